The van der Waals surface area contributed by atoms with E-state index in [-0.39, 0.29) is 6.61 Å². The van der Waals surface area contributed by atoms with Gasteiger partial charge in [0, 0.05) is 11.3 Å². The number of nitrogens with two attached hydrogens (primary N) is 1. The third-order valence-corrected chi connectivity index (χ3v) is 1.47. The van der Waals surface area contributed by atoms with Gasteiger partial charge in [-0.15, -0.1) is 0 Å². The molecule has 0 fully saturated rings. The van der Waals surface area contributed by atoms with Gasteiger partial charge in [0.25, 0.3) is 0 Å². The standard InChI is InChI=1S/C8H11NO/c1-6-2-3-7(5-10)8(9)4-6/h2-4,10H,5,9H2,1H3. The van der Waals surface area contributed by atoms with Crippen LogP contribution >= 0.6 is 0 Å². The van der Waals surface area contributed by atoms with Gasteiger partial charge in [0.15, 0.2) is 0 Å². The number of hydrogen-bond acceptors (Lipinski definition) is 2. The quantitative estimate of drug-likeness (QED) is 0.569. The van der Waals surface area contributed by atoms with Crippen molar-refractivity contribution < 1.29 is 5.11 Å². The molecule has 0 aromatic heterocycles. The Labute approximate surface area is 60.3 Å². The third-order valence-electron chi connectivity index (χ3n) is 1.47. The van der Waals surface area contributed by atoms with Crippen molar-refractivity contribution in [3.63, 3.8) is 0 Å². The van der Waals surface area contributed by atoms with Gasteiger partial charge in [-0.05, 0) is 18.6 Å². The average Bonchev–Trinajstić information content (AvgIpc) is 1.88. The van der Waals surface area contributed by atoms with E-state index in [0.717, 1.165) is 11.1 Å². The highest BCUT2D eigenvalue weighted by atomic mass is 16.3. The van der Waals surface area contributed by atoms with E-state index >= 15 is 0 Å². The largest absolute Gasteiger partial charge is 0.398 e. The molecule has 1 aromatic carbocycles. The van der Waals surface area contributed by atoms with Gasteiger partial charge < -0.3 is 10.8 Å². The fourth-order valence-corrected chi connectivity index (χ4v) is 0.858. The van der Waals surface area contributed by atoms with Gasteiger partial charge in [0.2, 0.25) is 0 Å². The number of benzene rings is 1. The van der Waals surface area contributed by atoms with Gasteiger partial charge in [-0.2, -0.15) is 0 Å². The predicted octanol–water partition coefficient (Wildman–Crippen LogP) is 1.07. The normalized spacial score (nSPS) is 9.80. The van der Waals surface area contributed by atoms with E-state index in [9.17, 15) is 0 Å². The van der Waals surface area contributed by atoms with Gasteiger partial charge >= 0.3 is 0 Å². The van der Waals surface area contributed by atoms with Crippen molar-refractivity contribution in [1.82, 2.24) is 0 Å². The topological polar surface area (TPSA) is 46.2 Å². The second-order valence-electron chi connectivity index (χ2n) is 2.36. The lowest BCUT2D eigenvalue weighted by molar-refractivity contribution is 0.282. The Morgan fingerprint density at radius 1 is 1.50 bits per heavy atom. The summed E-state index contributed by atoms with van der Waals surface area (Å²) in [7, 11) is 0. The summed E-state index contributed by atoms with van der Waals surface area (Å²) in [5, 5.41) is 8.73. The second kappa shape index (κ2) is 2.71. The fraction of sp³-hybridized carbons (Fsp3) is 0.250. The van der Waals surface area contributed by atoms with Gasteiger partial charge in [-0.3, -0.25) is 0 Å². The lowest BCUT2D eigenvalue weighted by Crippen LogP contribution is -1.93. The van der Waals surface area contributed by atoms with Crippen LogP contribution in [0.5, 0.6) is 0 Å². The van der Waals surface area contributed by atoms with E-state index in [4.69, 9.17) is 10.8 Å². The first-order valence-corrected chi connectivity index (χ1v) is 3.20. The molecule has 0 amide bonds. The van der Waals surface area contributed by atoms with Crippen LogP contribution in [0.2, 0.25) is 0 Å². The zero-order valence-electron chi connectivity index (χ0n) is 5.96. The van der Waals surface area contributed by atoms with Crippen LogP contribution in [0, 0.1) is 6.92 Å². The number of hydrogen-bond donors (Lipinski definition) is 2. The summed E-state index contributed by atoms with van der Waals surface area (Å²) in [6.07, 6.45) is 0. The zero-order valence-corrected chi connectivity index (χ0v) is 5.96. The minimum absolute atomic E-state index is 0.0200. The molecule has 2 nitrogen and oxygen atoms in total. The number of aryl methyl sites for hydroxylation is 1. The average molecular weight is 137 g/mol. The molecular formula is C8H11NO. The Kier molecular flexibility index (Phi) is 1.92. The highest BCUT2D eigenvalue weighted by Crippen LogP contribution is 2.12. The fourth-order valence-electron chi connectivity index (χ4n) is 0.858. The molecule has 0 aliphatic carbocycles. The maximum Gasteiger partial charge on any atom is 0.0701 e. The lowest BCUT2D eigenvalue weighted by atomic mass is 10.1. The highest BCUT2D eigenvalue weighted by molar-refractivity contribution is 5.48. The van der Waals surface area contributed by atoms with Crippen molar-refractivity contribution in [3.05, 3.63) is 29.3 Å². The lowest BCUT2D eigenvalue weighted by Gasteiger charge is -2.01. The van der Waals surface area contributed by atoms with Crippen LogP contribution in [0.25, 0.3) is 0 Å². The van der Waals surface area contributed by atoms with Crippen molar-refractivity contribution in [2.24, 2.45) is 0 Å². The molecule has 1 rings (SSSR count). The first kappa shape index (κ1) is 7.09. The maximum atomic E-state index is 8.73. The Hall–Kier alpha value is -1.02. The summed E-state index contributed by atoms with van der Waals surface area (Å²) in [4.78, 5) is 0. The molecule has 0 heterocycles. The molecule has 1 aromatic rings. The highest BCUT2D eigenvalue weighted by Gasteiger charge is 1.94. The molecule has 54 valence electrons. The Balaban J connectivity index is 3.07. The summed E-state index contributed by atoms with van der Waals surface area (Å²) in [6, 6.07) is 5.62. The van der Waals surface area contributed by atoms with Crippen LogP contribution in [0.4, 0.5) is 5.69 Å². The van der Waals surface area contributed by atoms with Gasteiger partial charge in [-0.25, -0.2) is 0 Å². The molecular weight excluding hydrogens is 126 g/mol. The molecule has 3 N–H and O–H groups in total. The first-order chi connectivity index (χ1) is 4.74. The predicted molar refractivity (Wildman–Crippen MR) is 41.5 cm³/mol. The monoisotopic (exact) mass is 137 g/mol. The molecule has 0 atom stereocenters. The molecule has 0 bridgehead atoms. The Morgan fingerprint density at radius 3 is 2.70 bits per heavy atom. The van der Waals surface area contributed by atoms with Crippen molar-refractivity contribution in [3.8, 4) is 0 Å². The Bertz CT molecular complexity index is 233. The molecule has 0 radical (unpaired) electrons. The molecule has 0 aliphatic rings. The zero-order chi connectivity index (χ0) is 7.56. The Morgan fingerprint density at radius 2 is 2.20 bits per heavy atom. The number of rotatable bonds is 1. The van der Waals surface area contributed by atoms with E-state index < -0.39 is 0 Å². The van der Waals surface area contributed by atoms with Crippen LogP contribution in [0.3, 0.4) is 0 Å². The summed E-state index contributed by atoms with van der Waals surface area (Å²) in [5.74, 6) is 0. The molecule has 0 unspecified atom stereocenters. The molecule has 10 heavy (non-hydrogen) atoms. The van der Waals surface area contributed by atoms with E-state index in [2.05, 4.69) is 0 Å². The van der Waals surface area contributed by atoms with Crippen LogP contribution in [0.15, 0.2) is 18.2 Å². The van der Waals surface area contributed by atoms with E-state index in [1.807, 2.05) is 25.1 Å². The summed E-state index contributed by atoms with van der Waals surface area (Å²) in [5.41, 5.74) is 8.16. The number of aliphatic hydroxyl groups is 1. The number of anilines is 1. The summed E-state index contributed by atoms with van der Waals surface area (Å²) < 4.78 is 0. The summed E-state index contributed by atoms with van der Waals surface area (Å²) in [6.45, 7) is 1.99. The molecule has 0 spiro atoms. The molecule has 2 heteroatoms. The first-order valence-electron chi connectivity index (χ1n) is 3.20. The van der Waals surface area contributed by atoms with Crippen LogP contribution < -0.4 is 5.73 Å². The van der Waals surface area contributed by atoms with E-state index in [1.54, 1.807) is 0 Å². The minimum Gasteiger partial charge on any atom is -0.398 e. The van der Waals surface area contributed by atoms with Crippen LogP contribution in [-0.4, -0.2) is 5.11 Å². The van der Waals surface area contributed by atoms with Crippen molar-refractivity contribution in [1.29, 1.82) is 0 Å². The molecule has 0 saturated heterocycles. The third kappa shape index (κ3) is 1.28. The van der Waals surface area contributed by atoms with Crippen LogP contribution in [0.1, 0.15) is 11.1 Å². The van der Waals surface area contributed by atoms with Crippen molar-refractivity contribution in [2.75, 3.05) is 5.73 Å². The van der Waals surface area contributed by atoms with E-state index in [0.29, 0.717) is 5.69 Å². The van der Waals surface area contributed by atoms with Gasteiger partial charge in [0.1, 0.15) is 0 Å². The van der Waals surface area contributed by atoms with Crippen molar-refractivity contribution >= 4 is 5.69 Å². The van der Waals surface area contributed by atoms with E-state index in [1.165, 1.54) is 0 Å². The molecule has 0 aliphatic heterocycles. The summed E-state index contributed by atoms with van der Waals surface area (Å²) >= 11 is 0. The van der Waals surface area contributed by atoms with Gasteiger partial charge in [-0.1, -0.05) is 12.1 Å². The minimum atomic E-state index is 0.0200. The smallest absolute Gasteiger partial charge is 0.0701 e. The van der Waals surface area contributed by atoms with Gasteiger partial charge in [0.05, 0.1) is 6.61 Å². The number of nitrogen functional groups attached to an aromatic ring is 1. The SMILES string of the molecule is Cc1ccc(CO)c(N)c1. The molecule has 0 saturated carbocycles. The second-order valence-corrected chi connectivity index (χ2v) is 2.36. The maximum absolute atomic E-state index is 8.73. The number of aliphatic hydroxyl groups excluding tert-OH is 1. The van der Waals surface area contributed by atoms with Crippen LogP contribution in [-0.2, 0) is 6.61 Å². The van der Waals surface area contributed by atoms with Crippen molar-refractivity contribution in [2.45, 2.75) is 13.5 Å².